The van der Waals surface area contributed by atoms with Crippen molar-refractivity contribution in [2.75, 3.05) is 4.90 Å². The van der Waals surface area contributed by atoms with E-state index in [4.69, 9.17) is 0 Å². The van der Waals surface area contributed by atoms with Crippen molar-refractivity contribution in [3.63, 3.8) is 0 Å². The summed E-state index contributed by atoms with van der Waals surface area (Å²) in [6, 6.07) is 84.2. The maximum atomic E-state index is 2.69. The molecule has 2 atom stereocenters. The average molecular weight is 1050 g/mol. The Morgan fingerprint density at radius 1 is 0.390 bits per heavy atom. The summed E-state index contributed by atoms with van der Waals surface area (Å²) in [5, 5.41) is 15.9. The third kappa shape index (κ3) is 6.04. The molecule has 1 aromatic heterocycles. The molecule has 18 rings (SSSR count). The van der Waals surface area contributed by atoms with E-state index in [2.05, 4.69) is 268 Å². The molecule has 0 saturated heterocycles. The molecule has 12 aromatic carbocycles. The number of hydrogen-bond acceptors (Lipinski definition) is 1. The first-order valence-corrected chi connectivity index (χ1v) is 29.9. The quantitative estimate of drug-likeness (QED) is 0.126. The number of para-hydroxylation sites is 3. The Hall–Kier alpha value is -9.24. The van der Waals surface area contributed by atoms with E-state index in [9.17, 15) is 0 Å². The summed E-state index contributed by atoms with van der Waals surface area (Å²) in [6.45, 7) is 9.96. The molecule has 0 bridgehead atoms. The van der Waals surface area contributed by atoms with Gasteiger partial charge in [-0.1, -0.05) is 228 Å². The van der Waals surface area contributed by atoms with Crippen molar-refractivity contribution in [1.82, 2.24) is 4.57 Å². The number of fused-ring (bicyclic) bond motifs is 14. The van der Waals surface area contributed by atoms with Crippen molar-refractivity contribution in [1.29, 1.82) is 0 Å². The third-order valence-corrected chi connectivity index (χ3v) is 20.5. The van der Waals surface area contributed by atoms with E-state index in [1.807, 2.05) is 0 Å². The van der Waals surface area contributed by atoms with Crippen molar-refractivity contribution in [2.45, 2.75) is 76.2 Å². The summed E-state index contributed by atoms with van der Waals surface area (Å²) in [5.41, 5.74) is 24.2. The molecule has 13 aromatic rings. The fraction of sp³-hybridized carbons (Fsp3) is 0.150. The van der Waals surface area contributed by atoms with Crippen LogP contribution in [0.2, 0.25) is 0 Å². The number of rotatable bonds is 4. The first-order valence-electron chi connectivity index (χ1n) is 29.9. The zero-order valence-electron chi connectivity index (χ0n) is 46.8. The molecule has 0 radical (unpaired) electrons. The monoisotopic (exact) mass is 1050 g/mol. The van der Waals surface area contributed by atoms with Crippen LogP contribution in [0.5, 0.6) is 0 Å². The summed E-state index contributed by atoms with van der Waals surface area (Å²) in [7, 11) is 0. The number of allylic oxidation sites excluding steroid dienone is 1. The molecule has 390 valence electrons. The molecule has 0 saturated carbocycles. The van der Waals surface area contributed by atoms with Crippen molar-refractivity contribution in [2.24, 2.45) is 0 Å². The minimum Gasteiger partial charge on any atom is -0.333 e. The summed E-state index contributed by atoms with van der Waals surface area (Å²) in [6.07, 6.45) is 9.24. The lowest BCUT2D eigenvalue weighted by Gasteiger charge is -2.41. The van der Waals surface area contributed by atoms with Crippen molar-refractivity contribution in [3.05, 3.63) is 280 Å². The Morgan fingerprint density at radius 3 is 1.29 bits per heavy atom. The number of nitrogens with zero attached hydrogens (tertiary/aromatic N) is 2. The maximum absolute atomic E-state index is 2.69. The van der Waals surface area contributed by atoms with Gasteiger partial charge in [-0.3, -0.25) is 0 Å². The molecule has 2 heteroatoms. The van der Waals surface area contributed by atoms with Crippen LogP contribution in [0, 0.1) is 0 Å². The van der Waals surface area contributed by atoms with Crippen LogP contribution < -0.4 is 15.3 Å². The van der Waals surface area contributed by atoms with Crippen LogP contribution in [-0.4, -0.2) is 10.6 Å². The van der Waals surface area contributed by atoms with Gasteiger partial charge >= 0.3 is 0 Å². The number of hydrogen-bond donors (Lipinski definition) is 0. The van der Waals surface area contributed by atoms with Crippen LogP contribution in [0.25, 0.3) is 104 Å². The van der Waals surface area contributed by atoms with Gasteiger partial charge in [0.25, 0.3) is 0 Å². The highest BCUT2D eigenvalue weighted by molar-refractivity contribution is 6.23. The van der Waals surface area contributed by atoms with Gasteiger partial charge in [-0.25, -0.2) is 0 Å². The van der Waals surface area contributed by atoms with E-state index in [-0.39, 0.29) is 10.8 Å². The molecule has 2 nitrogen and oxygen atoms in total. The van der Waals surface area contributed by atoms with Gasteiger partial charge in [-0.05, 0) is 160 Å². The number of benzene rings is 12. The zero-order valence-corrected chi connectivity index (χ0v) is 46.8. The summed E-state index contributed by atoms with van der Waals surface area (Å²) in [4.78, 5) is 2.69. The van der Waals surface area contributed by atoms with Crippen molar-refractivity contribution >= 4 is 87.4 Å². The molecule has 2 unspecified atom stereocenters. The summed E-state index contributed by atoms with van der Waals surface area (Å²) < 4.78 is 2.52. The second-order valence-corrected chi connectivity index (χ2v) is 25.2. The van der Waals surface area contributed by atoms with Gasteiger partial charge in [0.15, 0.2) is 0 Å². The van der Waals surface area contributed by atoms with Crippen LogP contribution in [0.15, 0.2) is 231 Å². The lowest BCUT2D eigenvalue weighted by atomic mass is 9.62. The standard InChI is InChI=1S/C80H60N2/c1-79(2)65-43-44-66-76-60(50-40-38-48(46-68(50)80(66,3)4)74-57-27-7-11-31-63(57)78(64-32-12-8-28-58(64)74)82-71-35-19-15-23-53(71)54-24-16-20-36-72(54)82)42-41-59(75(65)76)49-39-37-47(45-67(49)79)73-55-25-5-9-29-61(55)77(62-30-10-6-26-56(62)73)81-69-33-17-13-21-51(69)52-22-14-18-34-70(52)81/h5-15,17-23,25-40,43-46,54,72H,16,24,41-42H2,1-4H3. The first-order chi connectivity index (χ1) is 40.3. The summed E-state index contributed by atoms with van der Waals surface area (Å²) >= 11 is 0. The van der Waals surface area contributed by atoms with Crippen molar-refractivity contribution < 1.29 is 0 Å². The maximum Gasteiger partial charge on any atom is 0.0619 e. The Morgan fingerprint density at radius 2 is 0.805 bits per heavy atom. The molecule has 1 aliphatic heterocycles. The van der Waals surface area contributed by atoms with E-state index < -0.39 is 0 Å². The highest BCUT2D eigenvalue weighted by Crippen LogP contribution is 2.55. The fourth-order valence-corrected chi connectivity index (χ4v) is 16.9. The lowest BCUT2D eigenvalue weighted by molar-refractivity contribution is 0.574. The van der Waals surface area contributed by atoms with Crippen LogP contribution in [-0.2, 0) is 10.8 Å². The second-order valence-electron chi connectivity index (χ2n) is 25.2. The third-order valence-electron chi connectivity index (χ3n) is 20.5. The first kappa shape index (κ1) is 46.5. The molecule has 0 fully saturated rings. The van der Waals surface area contributed by atoms with E-state index in [0.717, 1.165) is 19.3 Å². The molecule has 4 aliphatic carbocycles. The van der Waals surface area contributed by atoms with E-state index in [0.29, 0.717) is 12.0 Å². The Balaban J connectivity index is 0.808. The Bertz CT molecular complexity index is 5030. The molecule has 0 N–H and O–H groups in total. The normalized spacial score (nSPS) is 17.9. The highest BCUT2D eigenvalue weighted by atomic mass is 15.2. The largest absolute Gasteiger partial charge is 0.333 e. The number of aromatic nitrogens is 1. The van der Waals surface area contributed by atoms with Gasteiger partial charge < -0.3 is 9.47 Å². The van der Waals surface area contributed by atoms with Crippen molar-refractivity contribution in [3.8, 4) is 27.9 Å². The molecular weight excluding hydrogens is 989 g/mol. The molecule has 2 heterocycles. The molecule has 0 spiro atoms. The van der Waals surface area contributed by atoms with Gasteiger partial charge in [0, 0.05) is 54.8 Å². The van der Waals surface area contributed by atoms with Crippen LogP contribution in [0.1, 0.15) is 98.2 Å². The van der Waals surface area contributed by atoms with Crippen LogP contribution >= 0.6 is 0 Å². The molecule has 82 heavy (non-hydrogen) atoms. The zero-order chi connectivity index (χ0) is 54.3. The predicted octanol–water partition coefficient (Wildman–Crippen LogP) is 19.2. The van der Waals surface area contributed by atoms with Gasteiger partial charge in [0.2, 0.25) is 0 Å². The summed E-state index contributed by atoms with van der Waals surface area (Å²) in [5.74, 6) is 0.491. The molecule has 0 amide bonds. The van der Waals surface area contributed by atoms with E-state index in [1.165, 1.54) is 171 Å². The van der Waals surface area contributed by atoms with Gasteiger partial charge in [-0.2, -0.15) is 0 Å². The predicted molar refractivity (Wildman–Crippen MR) is 346 cm³/mol. The van der Waals surface area contributed by atoms with Crippen LogP contribution in [0.3, 0.4) is 0 Å². The minimum absolute atomic E-state index is 0.240. The topological polar surface area (TPSA) is 8.17 Å². The fourth-order valence-electron chi connectivity index (χ4n) is 16.9. The molecular formula is C80H60N2. The SMILES string of the molecule is CC1(C)c2cc(-c3c4ccccc4c(N4c5ccccc5C5CCC=CC54)c4ccccc34)ccc2C2=c3c1ccc1c3=C(CC2)c2ccc(-c3c4ccccc4c(-n4c5ccccc5c5ccccc54)c4ccccc34)cc2C1(C)C. The second kappa shape index (κ2) is 16.7. The highest BCUT2D eigenvalue weighted by Gasteiger charge is 2.42. The van der Waals surface area contributed by atoms with Gasteiger partial charge in [0.1, 0.15) is 0 Å². The van der Waals surface area contributed by atoms with E-state index in [1.54, 1.807) is 0 Å². The number of anilines is 2. The average Bonchev–Trinajstić information content (AvgIpc) is 4.03. The lowest BCUT2D eigenvalue weighted by Crippen LogP contribution is -2.50. The Labute approximate surface area is 478 Å². The molecule has 5 aliphatic rings. The van der Waals surface area contributed by atoms with Gasteiger partial charge in [-0.15, -0.1) is 0 Å². The van der Waals surface area contributed by atoms with Gasteiger partial charge in [0.05, 0.1) is 28.5 Å². The van der Waals surface area contributed by atoms with Crippen LogP contribution in [0.4, 0.5) is 11.4 Å². The smallest absolute Gasteiger partial charge is 0.0619 e. The minimum atomic E-state index is -0.246. The Kier molecular flexibility index (Phi) is 9.46. The van der Waals surface area contributed by atoms with E-state index >= 15 is 0 Å².